The van der Waals surface area contributed by atoms with Crippen molar-refractivity contribution in [2.45, 2.75) is 6.54 Å². The molecule has 0 fully saturated rings. The molecule has 6 heteroatoms. The molecule has 0 amide bonds. The molecule has 1 aromatic rings. The van der Waals surface area contributed by atoms with Crippen molar-refractivity contribution >= 4 is 5.69 Å². The maximum Gasteiger partial charge on any atom is 0.332 e. The van der Waals surface area contributed by atoms with Gasteiger partial charge in [0.05, 0.1) is 11.1 Å². The van der Waals surface area contributed by atoms with E-state index >= 15 is 0 Å². The van der Waals surface area contributed by atoms with Crippen LogP contribution in [0, 0.1) is 10.1 Å². The van der Waals surface area contributed by atoms with Crippen molar-refractivity contribution in [1.82, 2.24) is 9.88 Å². The maximum absolute atomic E-state index is 11.0. The molecule has 0 atom stereocenters. The molecule has 0 aromatic carbocycles. The topological polar surface area (TPSA) is 77.2 Å². The second-order valence-corrected chi connectivity index (χ2v) is 2.79. The third-order valence-electron chi connectivity index (χ3n) is 1.77. The van der Waals surface area contributed by atoms with E-state index < -0.39 is 10.4 Å². The SMILES string of the molecule is CNCCn1ccc(=O)c([N+](=O)[O-])c1. The maximum atomic E-state index is 11.0. The lowest BCUT2D eigenvalue weighted by Crippen LogP contribution is -2.17. The number of likely N-dealkylation sites (N-methyl/N-ethyl adjacent to an activating group) is 1. The minimum atomic E-state index is -0.668. The monoisotopic (exact) mass is 197 g/mol. The normalized spacial score (nSPS) is 10.1. The molecule has 76 valence electrons. The van der Waals surface area contributed by atoms with Crippen LogP contribution in [0.3, 0.4) is 0 Å². The first-order valence-corrected chi connectivity index (χ1v) is 4.14. The summed E-state index contributed by atoms with van der Waals surface area (Å²) in [6.45, 7) is 1.29. The fourth-order valence-corrected chi connectivity index (χ4v) is 1.03. The van der Waals surface area contributed by atoms with Gasteiger partial charge < -0.3 is 9.88 Å². The highest BCUT2D eigenvalue weighted by atomic mass is 16.6. The van der Waals surface area contributed by atoms with Crippen molar-refractivity contribution in [2.75, 3.05) is 13.6 Å². The van der Waals surface area contributed by atoms with Gasteiger partial charge in [-0.25, -0.2) is 0 Å². The minimum absolute atomic E-state index is 0.386. The molecule has 1 rings (SSSR count). The number of pyridine rings is 1. The molecule has 0 bridgehead atoms. The van der Waals surface area contributed by atoms with E-state index in [2.05, 4.69) is 5.32 Å². The minimum Gasteiger partial charge on any atom is -0.347 e. The number of hydrogen-bond donors (Lipinski definition) is 1. The van der Waals surface area contributed by atoms with Crippen molar-refractivity contribution in [2.24, 2.45) is 0 Å². The summed E-state index contributed by atoms with van der Waals surface area (Å²) in [6.07, 6.45) is 2.78. The summed E-state index contributed by atoms with van der Waals surface area (Å²) in [5.41, 5.74) is -0.945. The van der Waals surface area contributed by atoms with Gasteiger partial charge >= 0.3 is 5.69 Å². The molecule has 0 saturated carbocycles. The van der Waals surface area contributed by atoms with Gasteiger partial charge in [-0.15, -0.1) is 0 Å². The van der Waals surface area contributed by atoms with E-state index in [0.717, 1.165) is 0 Å². The Morgan fingerprint density at radius 2 is 2.36 bits per heavy atom. The summed E-state index contributed by atoms with van der Waals surface area (Å²) in [6, 6.07) is 1.20. The van der Waals surface area contributed by atoms with Gasteiger partial charge in [-0.1, -0.05) is 0 Å². The lowest BCUT2D eigenvalue weighted by atomic mass is 10.4. The lowest BCUT2D eigenvalue weighted by molar-refractivity contribution is -0.386. The molecule has 6 nitrogen and oxygen atoms in total. The number of nitrogens with zero attached hydrogens (tertiary/aromatic N) is 2. The average Bonchev–Trinajstić information content (AvgIpc) is 2.16. The Hall–Kier alpha value is -1.69. The van der Waals surface area contributed by atoms with Crippen LogP contribution in [0.5, 0.6) is 0 Å². The molecule has 14 heavy (non-hydrogen) atoms. The van der Waals surface area contributed by atoms with Gasteiger partial charge in [-0.05, 0) is 7.05 Å². The quantitative estimate of drug-likeness (QED) is 0.543. The van der Waals surface area contributed by atoms with E-state index in [1.807, 2.05) is 0 Å². The van der Waals surface area contributed by atoms with Crippen molar-refractivity contribution in [1.29, 1.82) is 0 Å². The van der Waals surface area contributed by atoms with Crippen molar-refractivity contribution in [3.8, 4) is 0 Å². The van der Waals surface area contributed by atoms with Crippen molar-refractivity contribution in [3.05, 3.63) is 38.8 Å². The van der Waals surface area contributed by atoms with E-state index in [1.165, 1.54) is 18.5 Å². The van der Waals surface area contributed by atoms with Gasteiger partial charge in [0.2, 0.25) is 0 Å². The van der Waals surface area contributed by atoms with Crippen LogP contribution >= 0.6 is 0 Å². The molecule has 0 aliphatic carbocycles. The average molecular weight is 197 g/mol. The van der Waals surface area contributed by atoms with Crippen LogP contribution in [0.25, 0.3) is 0 Å². The zero-order valence-electron chi connectivity index (χ0n) is 7.77. The number of aromatic nitrogens is 1. The molecule has 0 unspecified atom stereocenters. The molecule has 0 aliphatic rings. The van der Waals surface area contributed by atoms with Gasteiger partial charge in [0.1, 0.15) is 0 Å². The highest BCUT2D eigenvalue weighted by Crippen LogP contribution is 2.01. The summed E-state index contributed by atoms with van der Waals surface area (Å²) in [5, 5.41) is 13.3. The first kappa shape index (κ1) is 10.4. The molecular formula is C8H11N3O3. The summed E-state index contributed by atoms with van der Waals surface area (Å²) in [5.74, 6) is 0. The Bertz CT molecular complexity index is 386. The van der Waals surface area contributed by atoms with E-state index in [1.54, 1.807) is 11.6 Å². The van der Waals surface area contributed by atoms with Crippen LogP contribution in [0.15, 0.2) is 23.3 Å². The lowest BCUT2D eigenvalue weighted by Gasteiger charge is -2.04. The highest BCUT2D eigenvalue weighted by Gasteiger charge is 2.10. The van der Waals surface area contributed by atoms with Crippen LogP contribution < -0.4 is 10.7 Å². The second-order valence-electron chi connectivity index (χ2n) is 2.79. The zero-order valence-corrected chi connectivity index (χ0v) is 7.77. The second kappa shape index (κ2) is 4.52. The Labute approximate surface area is 80.3 Å². The predicted octanol–water partition coefficient (Wildman–Crippen LogP) is -0.0241. The summed E-state index contributed by atoms with van der Waals surface area (Å²) in [4.78, 5) is 20.8. The zero-order chi connectivity index (χ0) is 10.6. The van der Waals surface area contributed by atoms with E-state index in [9.17, 15) is 14.9 Å². The molecule has 0 aliphatic heterocycles. The summed E-state index contributed by atoms with van der Waals surface area (Å²) < 4.78 is 1.61. The molecular weight excluding hydrogens is 186 g/mol. The molecule has 1 N–H and O–H groups in total. The number of rotatable bonds is 4. The van der Waals surface area contributed by atoms with Crippen LogP contribution in [0.1, 0.15) is 0 Å². The first-order valence-electron chi connectivity index (χ1n) is 4.14. The van der Waals surface area contributed by atoms with Crippen molar-refractivity contribution < 1.29 is 4.92 Å². The molecule has 0 saturated heterocycles. The number of hydrogen-bond acceptors (Lipinski definition) is 4. The van der Waals surface area contributed by atoms with Crippen LogP contribution in [0.2, 0.25) is 0 Å². The molecule has 1 heterocycles. The van der Waals surface area contributed by atoms with Crippen molar-refractivity contribution in [3.63, 3.8) is 0 Å². The largest absolute Gasteiger partial charge is 0.347 e. The fraction of sp³-hybridized carbons (Fsp3) is 0.375. The third-order valence-corrected chi connectivity index (χ3v) is 1.77. The number of nitro groups is 1. The van der Waals surface area contributed by atoms with E-state index in [0.29, 0.717) is 13.1 Å². The van der Waals surface area contributed by atoms with Crippen LogP contribution in [0.4, 0.5) is 5.69 Å². The summed E-state index contributed by atoms with van der Waals surface area (Å²) >= 11 is 0. The Morgan fingerprint density at radius 1 is 1.64 bits per heavy atom. The smallest absolute Gasteiger partial charge is 0.332 e. The molecule has 0 spiro atoms. The highest BCUT2D eigenvalue weighted by molar-refractivity contribution is 5.25. The predicted molar refractivity (Wildman–Crippen MR) is 51.3 cm³/mol. The van der Waals surface area contributed by atoms with E-state index in [-0.39, 0.29) is 5.69 Å². The van der Waals surface area contributed by atoms with Gasteiger partial charge in [-0.3, -0.25) is 14.9 Å². The van der Waals surface area contributed by atoms with Gasteiger partial charge in [0.25, 0.3) is 5.43 Å². The first-order chi connectivity index (χ1) is 6.65. The summed E-state index contributed by atoms with van der Waals surface area (Å²) in [7, 11) is 1.79. The van der Waals surface area contributed by atoms with Gasteiger partial charge in [0.15, 0.2) is 0 Å². The Balaban J connectivity index is 2.95. The standard InChI is InChI=1S/C8H11N3O3/c1-9-3-5-10-4-2-8(12)7(6-10)11(13)14/h2,4,6,9H,3,5H2,1H3. The fourth-order valence-electron chi connectivity index (χ4n) is 1.03. The Kier molecular flexibility index (Phi) is 3.35. The molecule has 1 aromatic heterocycles. The Morgan fingerprint density at radius 3 is 2.93 bits per heavy atom. The number of nitrogens with one attached hydrogen (secondary N) is 1. The third kappa shape index (κ3) is 2.40. The van der Waals surface area contributed by atoms with Gasteiger partial charge in [-0.2, -0.15) is 0 Å². The van der Waals surface area contributed by atoms with Crippen LogP contribution in [-0.2, 0) is 6.54 Å². The van der Waals surface area contributed by atoms with Crippen LogP contribution in [-0.4, -0.2) is 23.1 Å². The van der Waals surface area contributed by atoms with E-state index in [4.69, 9.17) is 0 Å². The molecule has 0 radical (unpaired) electrons. The van der Waals surface area contributed by atoms with Gasteiger partial charge in [0, 0.05) is 25.4 Å².